The molecular weight excluding hydrogens is 414 g/mol. The number of benzene rings is 3. The molecule has 168 valence electrons. The fourth-order valence-corrected chi connectivity index (χ4v) is 4.30. The summed E-state index contributed by atoms with van der Waals surface area (Å²) in [6.45, 7) is 4.28. The summed E-state index contributed by atoms with van der Waals surface area (Å²) in [7, 11) is 0. The largest absolute Gasteiger partial charge is 0.481 e. The van der Waals surface area contributed by atoms with Gasteiger partial charge in [0.15, 0.2) is 0 Å². The van der Waals surface area contributed by atoms with Gasteiger partial charge in [0.05, 0.1) is 5.92 Å². The smallest absolute Gasteiger partial charge is 0.311 e. The topological polar surface area (TPSA) is 108 Å². The highest BCUT2D eigenvalue weighted by atomic mass is 16.4. The quantitative estimate of drug-likeness (QED) is 0.306. The Bertz CT molecular complexity index is 1340. The average molecular weight is 442 g/mol. The number of aromatic nitrogens is 1. The van der Waals surface area contributed by atoms with Crippen LogP contribution in [0.1, 0.15) is 46.3 Å². The van der Waals surface area contributed by atoms with Crippen LogP contribution < -0.4 is 11.1 Å². The molecule has 0 spiro atoms. The predicted octanol–water partition coefficient (Wildman–Crippen LogP) is 5.43. The van der Waals surface area contributed by atoms with Crippen LogP contribution in [0.3, 0.4) is 0 Å². The van der Waals surface area contributed by atoms with E-state index in [4.69, 9.17) is 5.73 Å². The van der Waals surface area contributed by atoms with Gasteiger partial charge in [0.25, 0.3) is 5.91 Å². The van der Waals surface area contributed by atoms with Crippen molar-refractivity contribution in [3.05, 3.63) is 89.1 Å². The summed E-state index contributed by atoms with van der Waals surface area (Å²) in [6, 6.07) is 18.8. The second-order valence-corrected chi connectivity index (χ2v) is 8.16. The fourth-order valence-electron chi connectivity index (χ4n) is 4.30. The van der Waals surface area contributed by atoms with Gasteiger partial charge in [-0.15, -0.1) is 0 Å². The number of aromatic amines is 1. The molecule has 4 rings (SSSR count). The zero-order valence-corrected chi connectivity index (χ0v) is 18.7. The number of carbonyl (C=O) groups is 2. The molecule has 1 amide bonds. The highest BCUT2D eigenvalue weighted by Gasteiger charge is 2.22. The molecule has 1 atom stereocenters. The summed E-state index contributed by atoms with van der Waals surface area (Å²) in [4.78, 5) is 28.3. The van der Waals surface area contributed by atoms with Crippen molar-refractivity contribution in [1.82, 2.24) is 4.98 Å². The number of fused-ring (bicyclic) bond motifs is 1. The van der Waals surface area contributed by atoms with Crippen LogP contribution in [0.25, 0.3) is 22.0 Å². The van der Waals surface area contributed by atoms with Crippen LogP contribution in [-0.2, 0) is 11.3 Å². The number of nitrogens with two attached hydrogens (primary N) is 1. The van der Waals surface area contributed by atoms with Gasteiger partial charge in [-0.3, -0.25) is 9.59 Å². The van der Waals surface area contributed by atoms with E-state index in [0.717, 1.165) is 33.2 Å². The first-order chi connectivity index (χ1) is 15.9. The second kappa shape index (κ2) is 9.30. The van der Waals surface area contributed by atoms with Gasteiger partial charge in [-0.05, 0) is 65.4 Å². The van der Waals surface area contributed by atoms with Crippen LogP contribution in [0, 0.1) is 6.92 Å². The minimum absolute atomic E-state index is 0.298. The molecule has 0 aliphatic heterocycles. The van der Waals surface area contributed by atoms with E-state index in [9.17, 15) is 14.7 Å². The van der Waals surface area contributed by atoms with Gasteiger partial charge < -0.3 is 21.1 Å². The van der Waals surface area contributed by atoms with E-state index in [1.54, 1.807) is 24.3 Å². The first-order valence-electron chi connectivity index (χ1n) is 11.0. The molecule has 6 nitrogen and oxygen atoms in total. The molecule has 0 saturated carbocycles. The van der Waals surface area contributed by atoms with Crippen LogP contribution in [0.2, 0.25) is 0 Å². The lowest BCUT2D eigenvalue weighted by atomic mass is 9.94. The van der Waals surface area contributed by atoms with Crippen molar-refractivity contribution in [2.45, 2.75) is 32.7 Å². The first-order valence-corrected chi connectivity index (χ1v) is 11.0. The lowest BCUT2D eigenvalue weighted by molar-refractivity contribution is -0.138. The van der Waals surface area contributed by atoms with E-state index < -0.39 is 11.9 Å². The molecule has 5 N–H and O–H groups in total. The monoisotopic (exact) mass is 441 g/mol. The van der Waals surface area contributed by atoms with E-state index in [0.29, 0.717) is 29.8 Å². The number of carboxylic acid groups (broad SMARTS) is 1. The van der Waals surface area contributed by atoms with Crippen LogP contribution in [0.15, 0.2) is 66.9 Å². The minimum Gasteiger partial charge on any atom is -0.481 e. The third-order valence-corrected chi connectivity index (χ3v) is 6.00. The Hall–Kier alpha value is -3.90. The molecule has 0 radical (unpaired) electrons. The molecule has 0 aliphatic carbocycles. The van der Waals surface area contributed by atoms with Crippen LogP contribution in [-0.4, -0.2) is 22.0 Å². The lowest BCUT2D eigenvalue weighted by Gasteiger charge is -2.16. The van der Waals surface area contributed by atoms with E-state index in [-0.39, 0.29) is 5.91 Å². The average Bonchev–Trinajstić information content (AvgIpc) is 3.20. The summed E-state index contributed by atoms with van der Waals surface area (Å²) < 4.78 is 0. The molecule has 1 aromatic heterocycles. The molecule has 1 unspecified atom stereocenters. The molecule has 4 aromatic rings. The number of nitrogens with one attached hydrogen (secondary N) is 2. The first kappa shape index (κ1) is 22.3. The normalized spacial score (nSPS) is 12.0. The zero-order chi connectivity index (χ0) is 23.5. The number of carboxylic acids is 1. The summed E-state index contributed by atoms with van der Waals surface area (Å²) in [6.07, 6.45) is 2.36. The number of rotatable bonds is 7. The highest BCUT2D eigenvalue weighted by molar-refractivity contribution is 6.10. The van der Waals surface area contributed by atoms with Crippen molar-refractivity contribution >= 4 is 28.5 Å². The number of para-hydroxylation sites is 1. The Morgan fingerprint density at radius 3 is 2.61 bits per heavy atom. The Kier molecular flexibility index (Phi) is 6.29. The zero-order valence-electron chi connectivity index (χ0n) is 18.7. The highest BCUT2D eigenvalue weighted by Crippen LogP contribution is 2.34. The lowest BCUT2D eigenvalue weighted by Crippen LogP contribution is -2.17. The Morgan fingerprint density at radius 2 is 1.88 bits per heavy atom. The van der Waals surface area contributed by atoms with E-state index >= 15 is 0 Å². The molecular formula is C27H27N3O3. The Morgan fingerprint density at radius 1 is 1.09 bits per heavy atom. The van der Waals surface area contributed by atoms with E-state index in [1.165, 1.54) is 0 Å². The number of aryl methyl sites for hydroxylation is 1. The van der Waals surface area contributed by atoms with Gasteiger partial charge >= 0.3 is 5.97 Å². The number of aliphatic carboxylic acids is 1. The van der Waals surface area contributed by atoms with Crippen molar-refractivity contribution in [2.75, 3.05) is 5.32 Å². The van der Waals surface area contributed by atoms with Crippen LogP contribution in [0.4, 0.5) is 5.69 Å². The van der Waals surface area contributed by atoms with Crippen LogP contribution >= 0.6 is 0 Å². The number of H-pyrrole nitrogens is 1. The van der Waals surface area contributed by atoms with Crippen molar-refractivity contribution in [3.8, 4) is 11.1 Å². The maximum atomic E-state index is 13.3. The second-order valence-electron chi connectivity index (χ2n) is 8.16. The predicted molar refractivity (Wildman–Crippen MR) is 131 cm³/mol. The van der Waals surface area contributed by atoms with Gasteiger partial charge in [-0.25, -0.2) is 0 Å². The molecule has 3 aromatic carbocycles. The third kappa shape index (κ3) is 4.38. The van der Waals surface area contributed by atoms with Gasteiger partial charge in [0, 0.05) is 34.9 Å². The number of anilines is 1. The maximum absolute atomic E-state index is 13.3. The maximum Gasteiger partial charge on any atom is 0.311 e. The fraction of sp³-hybridized carbons (Fsp3) is 0.185. The molecule has 1 heterocycles. The minimum atomic E-state index is -0.912. The molecule has 0 aliphatic rings. The SMILES string of the molecule is CCC(C(=O)O)c1ccccc1NC(=O)c1cc(-c2cccc(CN)c2)c2c(C)c[nH]c2c1. The van der Waals surface area contributed by atoms with Crippen molar-refractivity contribution in [3.63, 3.8) is 0 Å². The molecule has 0 bridgehead atoms. The van der Waals surface area contributed by atoms with Crippen LogP contribution in [0.5, 0.6) is 0 Å². The molecule has 6 heteroatoms. The summed E-state index contributed by atoms with van der Waals surface area (Å²) >= 11 is 0. The molecule has 0 saturated heterocycles. The van der Waals surface area contributed by atoms with Gasteiger partial charge in [-0.1, -0.05) is 43.3 Å². The van der Waals surface area contributed by atoms with E-state index in [1.807, 2.05) is 56.4 Å². The van der Waals surface area contributed by atoms with Gasteiger partial charge in [0.1, 0.15) is 0 Å². The Labute approximate surface area is 192 Å². The summed E-state index contributed by atoms with van der Waals surface area (Å²) in [5, 5.41) is 13.6. The van der Waals surface area contributed by atoms with Crippen molar-refractivity contribution < 1.29 is 14.7 Å². The number of hydrogen-bond acceptors (Lipinski definition) is 3. The van der Waals surface area contributed by atoms with E-state index in [2.05, 4.69) is 10.3 Å². The standard InChI is InChI=1S/C27H27N3O3/c1-3-20(27(32)33)21-9-4-5-10-23(21)30-26(31)19-12-22(18-8-6-7-17(11-18)14-28)25-16(2)15-29-24(25)13-19/h4-13,15,20,29H,3,14,28H2,1-2H3,(H,30,31)(H,32,33). The number of amides is 1. The Balaban J connectivity index is 1.77. The van der Waals surface area contributed by atoms with Crippen molar-refractivity contribution in [1.29, 1.82) is 0 Å². The summed E-state index contributed by atoms with van der Waals surface area (Å²) in [5.74, 6) is -1.90. The van der Waals surface area contributed by atoms with Crippen molar-refractivity contribution in [2.24, 2.45) is 5.73 Å². The number of carbonyl (C=O) groups excluding carboxylic acids is 1. The third-order valence-electron chi connectivity index (χ3n) is 6.00. The molecule has 0 fully saturated rings. The molecule has 33 heavy (non-hydrogen) atoms. The summed E-state index contributed by atoms with van der Waals surface area (Å²) in [5.41, 5.74) is 12.3. The van der Waals surface area contributed by atoms with Gasteiger partial charge in [0.2, 0.25) is 0 Å². The number of hydrogen-bond donors (Lipinski definition) is 4. The van der Waals surface area contributed by atoms with Gasteiger partial charge in [-0.2, -0.15) is 0 Å².